The van der Waals surface area contributed by atoms with Crippen LogP contribution in [-0.2, 0) is 14.3 Å². The molecule has 1 heterocycles. The van der Waals surface area contributed by atoms with Gasteiger partial charge in [-0.15, -0.1) is 0 Å². The molecule has 1 unspecified atom stereocenters. The maximum Gasteiger partial charge on any atom is 0.336 e. The van der Waals surface area contributed by atoms with Gasteiger partial charge in [0.1, 0.15) is 0 Å². The van der Waals surface area contributed by atoms with Crippen LogP contribution in [0, 0.1) is 0 Å². The van der Waals surface area contributed by atoms with Gasteiger partial charge in [-0.05, 0) is 25.5 Å². The predicted molar refractivity (Wildman–Crippen MR) is 92.0 cm³/mol. The lowest BCUT2D eigenvalue weighted by Crippen LogP contribution is -2.28. The number of rotatable bonds is 4. The summed E-state index contributed by atoms with van der Waals surface area (Å²) in [6.07, 6.45) is 2.65. The molecule has 0 saturated heterocycles. The molecule has 5 nitrogen and oxygen atoms in total. The third kappa shape index (κ3) is 3.74. The van der Waals surface area contributed by atoms with Crippen LogP contribution in [-0.4, -0.2) is 35.1 Å². The molecule has 0 fully saturated rings. The van der Waals surface area contributed by atoms with E-state index in [0.29, 0.717) is 5.56 Å². The summed E-state index contributed by atoms with van der Waals surface area (Å²) in [5.74, 6) is -2.60. The molecular weight excluding hydrogens is 353 g/mol. The van der Waals surface area contributed by atoms with Crippen molar-refractivity contribution in [2.75, 3.05) is 7.05 Å². The molecule has 0 bridgehead atoms. The van der Waals surface area contributed by atoms with Crippen molar-refractivity contribution >= 4 is 35.1 Å². The summed E-state index contributed by atoms with van der Waals surface area (Å²) in [6, 6.07) is 4.91. The monoisotopic (exact) mass is 369 g/mol. The molecule has 1 aromatic carbocycles. The van der Waals surface area contributed by atoms with Gasteiger partial charge in [0, 0.05) is 19.4 Å². The van der Waals surface area contributed by atoms with E-state index in [9.17, 15) is 14.7 Å². The third-order valence-corrected chi connectivity index (χ3v) is 4.26. The first-order chi connectivity index (χ1) is 11.2. The number of carboxylic acids is 1. The Kier molecular flexibility index (Phi) is 5.57. The van der Waals surface area contributed by atoms with Crippen LogP contribution in [0.4, 0.5) is 0 Å². The summed E-state index contributed by atoms with van der Waals surface area (Å²) in [6.45, 7) is 3.45. The van der Waals surface area contributed by atoms with Crippen LogP contribution in [0.1, 0.15) is 25.3 Å². The van der Waals surface area contributed by atoms with E-state index in [1.54, 1.807) is 45.3 Å². The van der Waals surface area contributed by atoms with Gasteiger partial charge in [0.25, 0.3) is 0 Å². The summed E-state index contributed by atoms with van der Waals surface area (Å²) in [4.78, 5) is 25.7. The number of carboxylic acid groups (broad SMARTS) is 1. The van der Waals surface area contributed by atoms with E-state index in [0.717, 1.165) is 0 Å². The molecule has 0 amide bonds. The Bertz CT molecular complexity index is 740. The number of hydrogen-bond acceptors (Lipinski definition) is 4. The lowest BCUT2D eigenvalue weighted by molar-refractivity contribution is -0.143. The Morgan fingerprint density at radius 1 is 1.21 bits per heavy atom. The fraction of sp³-hybridized carbons (Fsp3) is 0.294. The molecular formula is C17H17Cl2NO4. The first-order valence-corrected chi connectivity index (χ1v) is 8.01. The molecule has 24 heavy (non-hydrogen) atoms. The number of hydrogen-bond donors (Lipinski definition) is 1. The molecule has 0 radical (unpaired) electrons. The van der Waals surface area contributed by atoms with E-state index in [1.807, 2.05) is 0 Å². The second kappa shape index (κ2) is 7.28. The molecule has 1 atom stereocenters. The van der Waals surface area contributed by atoms with Crippen LogP contribution in [0.2, 0.25) is 10.0 Å². The van der Waals surface area contributed by atoms with Crippen LogP contribution in [0.5, 0.6) is 0 Å². The Balaban J connectivity index is 2.60. The second-order valence-corrected chi connectivity index (χ2v) is 6.45. The van der Waals surface area contributed by atoms with E-state index >= 15 is 0 Å². The summed E-state index contributed by atoms with van der Waals surface area (Å²) in [5.41, 5.74) is 0.646. The quantitative estimate of drug-likeness (QED) is 0.816. The lowest BCUT2D eigenvalue weighted by atomic mass is 9.83. The SMILES string of the molecule is CC(C)OC(=O)C1=CN(C)C=C(C(=O)O)C1c1cccc(Cl)c1Cl. The zero-order chi connectivity index (χ0) is 18.0. The molecule has 1 aliphatic heterocycles. The van der Waals surface area contributed by atoms with Crippen molar-refractivity contribution in [2.45, 2.75) is 25.9 Å². The van der Waals surface area contributed by atoms with Crippen LogP contribution >= 0.6 is 23.2 Å². The maximum absolute atomic E-state index is 12.5. The molecule has 7 heteroatoms. The van der Waals surface area contributed by atoms with Crippen molar-refractivity contribution in [3.63, 3.8) is 0 Å². The zero-order valence-electron chi connectivity index (χ0n) is 13.4. The van der Waals surface area contributed by atoms with Gasteiger partial charge < -0.3 is 14.7 Å². The Labute approximate surface area is 150 Å². The van der Waals surface area contributed by atoms with Crippen molar-refractivity contribution in [1.29, 1.82) is 0 Å². The standard InChI is InChI=1S/C17H17Cl2NO4/c1-9(2)24-17(23)12-8-20(3)7-11(16(21)22)14(12)10-5-4-6-13(18)15(10)19/h4-9,14H,1-3H3,(H,21,22). The van der Waals surface area contributed by atoms with Crippen LogP contribution in [0.3, 0.4) is 0 Å². The van der Waals surface area contributed by atoms with E-state index in [-0.39, 0.29) is 27.3 Å². The minimum absolute atomic E-state index is 0.0138. The van der Waals surface area contributed by atoms with Crippen molar-refractivity contribution in [2.24, 2.45) is 0 Å². The van der Waals surface area contributed by atoms with Gasteiger partial charge in [-0.1, -0.05) is 35.3 Å². The van der Waals surface area contributed by atoms with Crippen molar-refractivity contribution < 1.29 is 19.4 Å². The largest absolute Gasteiger partial charge is 0.478 e. The third-order valence-electron chi connectivity index (χ3n) is 3.43. The summed E-state index contributed by atoms with van der Waals surface area (Å²) >= 11 is 12.3. The fourth-order valence-electron chi connectivity index (χ4n) is 2.50. The number of carbonyl (C=O) groups is 2. The smallest absolute Gasteiger partial charge is 0.336 e. The summed E-state index contributed by atoms with van der Waals surface area (Å²) < 4.78 is 5.26. The predicted octanol–water partition coefficient (Wildman–Crippen LogP) is 3.83. The first kappa shape index (κ1) is 18.4. The topological polar surface area (TPSA) is 66.8 Å². The Hall–Kier alpha value is -1.98. The average molecular weight is 370 g/mol. The minimum atomic E-state index is -1.15. The molecule has 1 N–H and O–H groups in total. The zero-order valence-corrected chi connectivity index (χ0v) is 14.9. The molecule has 1 aromatic rings. The van der Waals surface area contributed by atoms with E-state index in [4.69, 9.17) is 27.9 Å². The van der Waals surface area contributed by atoms with Crippen molar-refractivity contribution in [1.82, 2.24) is 4.90 Å². The number of ether oxygens (including phenoxy) is 1. The van der Waals surface area contributed by atoms with Gasteiger partial charge >= 0.3 is 11.9 Å². The molecule has 0 aromatic heterocycles. The second-order valence-electron chi connectivity index (χ2n) is 5.67. The summed E-state index contributed by atoms with van der Waals surface area (Å²) in [5, 5.41) is 10.1. The van der Waals surface area contributed by atoms with Gasteiger partial charge in [0.05, 0.1) is 33.2 Å². The number of halogens is 2. The molecule has 128 valence electrons. The van der Waals surface area contributed by atoms with Gasteiger partial charge in [0.2, 0.25) is 0 Å². The van der Waals surface area contributed by atoms with Crippen LogP contribution in [0.15, 0.2) is 41.7 Å². The van der Waals surface area contributed by atoms with Crippen molar-refractivity contribution in [3.8, 4) is 0 Å². The van der Waals surface area contributed by atoms with Crippen LogP contribution < -0.4 is 0 Å². The van der Waals surface area contributed by atoms with E-state index in [2.05, 4.69) is 0 Å². The van der Waals surface area contributed by atoms with Gasteiger partial charge in [-0.25, -0.2) is 9.59 Å². The van der Waals surface area contributed by atoms with Crippen molar-refractivity contribution in [3.05, 3.63) is 57.4 Å². The van der Waals surface area contributed by atoms with Gasteiger partial charge in [0.15, 0.2) is 0 Å². The highest BCUT2D eigenvalue weighted by Crippen LogP contribution is 2.41. The number of esters is 1. The highest BCUT2D eigenvalue weighted by Gasteiger charge is 2.36. The first-order valence-electron chi connectivity index (χ1n) is 7.26. The molecule has 0 saturated carbocycles. The molecule has 2 rings (SSSR count). The highest BCUT2D eigenvalue weighted by atomic mass is 35.5. The van der Waals surface area contributed by atoms with E-state index < -0.39 is 17.9 Å². The number of carbonyl (C=O) groups excluding carboxylic acids is 1. The lowest BCUT2D eigenvalue weighted by Gasteiger charge is -2.28. The van der Waals surface area contributed by atoms with E-state index in [1.165, 1.54) is 11.1 Å². The number of aliphatic carboxylic acids is 1. The highest BCUT2D eigenvalue weighted by molar-refractivity contribution is 6.42. The summed E-state index contributed by atoms with van der Waals surface area (Å²) in [7, 11) is 1.64. The molecule has 0 spiro atoms. The van der Waals surface area contributed by atoms with Crippen LogP contribution in [0.25, 0.3) is 0 Å². The number of benzene rings is 1. The maximum atomic E-state index is 12.5. The molecule has 0 aliphatic carbocycles. The Morgan fingerprint density at radius 3 is 2.42 bits per heavy atom. The minimum Gasteiger partial charge on any atom is -0.478 e. The average Bonchev–Trinajstić information content (AvgIpc) is 2.48. The van der Waals surface area contributed by atoms with Gasteiger partial charge in [-0.2, -0.15) is 0 Å². The molecule has 1 aliphatic rings. The van der Waals surface area contributed by atoms with Gasteiger partial charge in [-0.3, -0.25) is 0 Å². The number of nitrogens with zero attached hydrogens (tertiary/aromatic N) is 1. The Morgan fingerprint density at radius 2 is 1.83 bits per heavy atom. The normalized spacial score (nSPS) is 17.4. The fourth-order valence-corrected chi connectivity index (χ4v) is 2.92.